The van der Waals surface area contributed by atoms with Crippen molar-refractivity contribution in [3.8, 4) is 0 Å². The van der Waals surface area contributed by atoms with Crippen molar-refractivity contribution < 1.29 is 14.3 Å². The highest BCUT2D eigenvalue weighted by molar-refractivity contribution is 5.85. The summed E-state index contributed by atoms with van der Waals surface area (Å²) in [5, 5.41) is 0. The van der Waals surface area contributed by atoms with Gasteiger partial charge in [0.1, 0.15) is 6.10 Å². The molecule has 0 aliphatic carbocycles. The van der Waals surface area contributed by atoms with Gasteiger partial charge in [0, 0.05) is 39.1 Å². The molecule has 6 nitrogen and oxygen atoms in total. The zero-order chi connectivity index (χ0) is 16.8. The Morgan fingerprint density at radius 3 is 2.42 bits per heavy atom. The van der Waals surface area contributed by atoms with Gasteiger partial charge in [-0.15, -0.1) is 12.4 Å². The van der Waals surface area contributed by atoms with Crippen LogP contribution < -0.4 is 5.73 Å². The van der Waals surface area contributed by atoms with Gasteiger partial charge >= 0.3 is 0 Å². The van der Waals surface area contributed by atoms with Gasteiger partial charge in [-0.1, -0.05) is 13.3 Å². The van der Waals surface area contributed by atoms with E-state index in [0.29, 0.717) is 19.6 Å². The summed E-state index contributed by atoms with van der Waals surface area (Å²) in [5.41, 5.74) is 5.60. The number of nitrogens with two attached hydrogens (primary N) is 1. The Kier molecular flexibility index (Phi) is 9.02. The topological polar surface area (TPSA) is 75.9 Å². The highest BCUT2D eigenvalue weighted by atomic mass is 35.5. The maximum absolute atomic E-state index is 12.5. The summed E-state index contributed by atoms with van der Waals surface area (Å²) in [4.78, 5) is 28.6. The molecule has 2 fully saturated rings. The van der Waals surface area contributed by atoms with Crippen LogP contribution >= 0.6 is 12.4 Å². The molecule has 24 heavy (non-hydrogen) atoms. The summed E-state index contributed by atoms with van der Waals surface area (Å²) in [6.07, 6.45) is 4.97. The average Bonchev–Trinajstić information content (AvgIpc) is 3.07. The standard InChI is InChI=1S/C17H31N3O3.ClH/c1-3-4-9-19(2)16(21)13-7-10-20(11-8-13)17(22)15-6-5-14(12-18)23-15;/h13-15H,3-12,18H2,1-2H3;1H/t14-,15+;/m1./s1. The first kappa shape index (κ1) is 21.2. The van der Waals surface area contributed by atoms with Gasteiger partial charge in [-0.3, -0.25) is 9.59 Å². The summed E-state index contributed by atoms with van der Waals surface area (Å²) in [7, 11) is 1.88. The van der Waals surface area contributed by atoms with E-state index in [2.05, 4.69) is 6.92 Å². The number of rotatable bonds is 6. The largest absolute Gasteiger partial charge is 0.364 e. The predicted octanol–water partition coefficient (Wildman–Crippen LogP) is 1.41. The minimum Gasteiger partial charge on any atom is -0.364 e. The molecule has 2 amide bonds. The van der Waals surface area contributed by atoms with Crippen LogP contribution in [0.5, 0.6) is 0 Å². The minimum atomic E-state index is -0.331. The molecule has 0 aromatic rings. The Bertz CT molecular complexity index is 414. The summed E-state index contributed by atoms with van der Waals surface area (Å²) in [6, 6.07) is 0. The monoisotopic (exact) mass is 361 g/mol. The second-order valence-electron chi connectivity index (χ2n) is 6.77. The van der Waals surface area contributed by atoms with Crippen LogP contribution in [-0.4, -0.2) is 67.0 Å². The zero-order valence-electron chi connectivity index (χ0n) is 14.9. The van der Waals surface area contributed by atoms with Crippen LogP contribution in [0.3, 0.4) is 0 Å². The normalized spacial score (nSPS) is 24.5. The molecule has 0 aromatic heterocycles. The van der Waals surface area contributed by atoms with Crippen LogP contribution in [0.15, 0.2) is 0 Å². The van der Waals surface area contributed by atoms with Crippen molar-refractivity contribution in [1.29, 1.82) is 0 Å². The fraction of sp³-hybridized carbons (Fsp3) is 0.882. The number of likely N-dealkylation sites (tertiary alicyclic amines) is 1. The number of carbonyl (C=O) groups excluding carboxylic acids is 2. The average molecular weight is 362 g/mol. The van der Waals surface area contributed by atoms with Gasteiger partial charge in [0.25, 0.3) is 5.91 Å². The Morgan fingerprint density at radius 1 is 1.21 bits per heavy atom. The van der Waals surface area contributed by atoms with Crippen molar-refractivity contribution in [2.45, 2.75) is 57.7 Å². The molecule has 2 atom stereocenters. The molecular formula is C17H32ClN3O3. The van der Waals surface area contributed by atoms with E-state index in [1.54, 1.807) is 0 Å². The Morgan fingerprint density at radius 2 is 1.88 bits per heavy atom. The molecule has 2 N–H and O–H groups in total. The van der Waals surface area contributed by atoms with Crippen LogP contribution in [-0.2, 0) is 14.3 Å². The van der Waals surface area contributed by atoms with Gasteiger partial charge in [-0.25, -0.2) is 0 Å². The maximum Gasteiger partial charge on any atom is 0.251 e. The van der Waals surface area contributed by atoms with Crippen LogP contribution in [0.4, 0.5) is 0 Å². The second-order valence-corrected chi connectivity index (χ2v) is 6.77. The van der Waals surface area contributed by atoms with Crippen molar-refractivity contribution in [2.24, 2.45) is 11.7 Å². The number of ether oxygens (including phenoxy) is 1. The zero-order valence-corrected chi connectivity index (χ0v) is 15.7. The number of unbranched alkanes of at least 4 members (excludes halogenated alkanes) is 1. The van der Waals surface area contributed by atoms with Crippen molar-refractivity contribution >= 4 is 24.2 Å². The summed E-state index contributed by atoms with van der Waals surface area (Å²) >= 11 is 0. The maximum atomic E-state index is 12.5. The lowest BCUT2D eigenvalue weighted by Crippen LogP contribution is -2.47. The summed E-state index contributed by atoms with van der Waals surface area (Å²) < 4.78 is 5.69. The van der Waals surface area contributed by atoms with E-state index in [4.69, 9.17) is 10.5 Å². The van der Waals surface area contributed by atoms with Gasteiger partial charge in [-0.2, -0.15) is 0 Å². The molecule has 2 heterocycles. The van der Waals surface area contributed by atoms with E-state index in [1.807, 2.05) is 16.8 Å². The smallest absolute Gasteiger partial charge is 0.251 e. The summed E-state index contributed by atoms with van der Waals surface area (Å²) in [6.45, 7) is 4.74. The van der Waals surface area contributed by atoms with Crippen LogP contribution in [0.1, 0.15) is 45.4 Å². The van der Waals surface area contributed by atoms with Gasteiger partial charge in [0.2, 0.25) is 5.91 Å². The van der Waals surface area contributed by atoms with Crippen molar-refractivity contribution in [3.05, 3.63) is 0 Å². The molecule has 0 saturated carbocycles. The minimum absolute atomic E-state index is 0. The lowest BCUT2D eigenvalue weighted by molar-refractivity contribution is -0.146. The molecule has 0 unspecified atom stereocenters. The van der Waals surface area contributed by atoms with Crippen molar-refractivity contribution in [3.63, 3.8) is 0 Å². The molecule has 2 rings (SSSR count). The molecule has 0 spiro atoms. The van der Waals surface area contributed by atoms with Crippen molar-refractivity contribution in [2.75, 3.05) is 33.2 Å². The number of halogens is 1. The number of piperidine rings is 1. The van der Waals surface area contributed by atoms with E-state index in [9.17, 15) is 9.59 Å². The highest BCUT2D eigenvalue weighted by Gasteiger charge is 2.35. The number of nitrogens with zero attached hydrogens (tertiary/aromatic N) is 2. The first-order valence-electron chi connectivity index (χ1n) is 8.96. The number of hydrogen-bond donors (Lipinski definition) is 1. The van der Waals surface area contributed by atoms with Crippen molar-refractivity contribution in [1.82, 2.24) is 9.80 Å². The van der Waals surface area contributed by atoms with E-state index >= 15 is 0 Å². The molecule has 2 saturated heterocycles. The third-order valence-corrected chi connectivity index (χ3v) is 5.03. The number of carbonyl (C=O) groups is 2. The Balaban J connectivity index is 0.00000288. The van der Waals surface area contributed by atoms with E-state index < -0.39 is 0 Å². The fourth-order valence-corrected chi connectivity index (χ4v) is 3.43. The van der Waals surface area contributed by atoms with Gasteiger partial charge < -0.3 is 20.3 Å². The Hall–Kier alpha value is -0.850. The molecule has 2 aliphatic rings. The second kappa shape index (κ2) is 10.2. The van der Waals surface area contributed by atoms with Gasteiger partial charge in [-0.05, 0) is 32.1 Å². The van der Waals surface area contributed by atoms with Crippen LogP contribution in [0.2, 0.25) is 0 Å². The lowest BCUT2D eigenvalue weighted by atomic mass is 9.95. The first-order valence-corrected chi connectivity index (χ1v) is 8.96. The molecular weight excluding hydrogens is 330 g/mol. The summed E-state index contributed by atoms with van der Waals surface area (Å²) in [5.74, 6) is 0.360. The fourth-order valence-electron chi connectivity index (χ4n) is 3.43. The van der Waals surface area contributed by atoms with Gasteiger partial charge in [0.15, 0.2) is 0 Å². The molecule has 2 aliphatic heterocycles. The van der Waals surface area contributed by atoms with E-state index in [1.165, 1.54) is 0 Å². The quantitative estimate of drug-likeness (QED) is 0.776. The molecule has 0 aromatic carbocycles. The third-order valence-electron chi connectivity index (χ3n) is 5.03. The van der Waals surface area contributed by atoms with Crippen LogP contribution in [0.25, 0.3) is 0 Å². The molecule has 7 heteroatoms. The number of amides is 2. The molecule has 0 bridgehead atoms. The first-order chi connectivity index (χ1) is 11.1. The van der Waals surface area contributed by atoms with E-state index in [-0.39, 0.29) is 42.3 Å². The SMILES string of the molecule is CCCCN(C)C(=O)C1CCN(C(=O)[C@@H]2CC[C@H](CN)O2)CC1.Cl. The van der Waals surface area contributed by atoms with Crippen LogP contribution in [0, 0.1) is 5.92 Å². The Labute approximate surface area is 151 Å². The van der Waals surface area contributed by atoms with E-state index in [0.717, 1.165) is 45.1 Å². The molecule has 0 radical (unpaired) electrons. The highest BCUT2D eigenvalue weighted by Crippen LogP contribution is 2.24. The lowest BCUT2D eigenvalue weighted by Gasteiger charge is -2.34. The number of hydrogen-bond acceptors (Lipinski definition) is 4. The van der Waals surface area contributed by atoms with Gasteiger partial charge in [0.05, 0.1) is 6.10 Å². The third kappa shape index (κ3) is 5.33. The molecule has 140 valence electrons. The predicted molar refractivity (Wildman–Crippen MR) is 96.0 cm³/mol.